The van der Waals surface area contributed by atoms with Crippen molar-refractivity contribution < 1.29 is 14.3 Å². The van der Waals surface area contributed by atoms with Gasteiger partial charge in [-0.25, -0.2) is 4.79 Å². The van der Waals surface area contributed by atoms with Crippen LogP contribution >= 0.6 is 0 Å². The van der Waals surface area contributed by atoms with Crippen molar-refractivity contribution in [1.29, 1.82) is 0 Å². The normalized spacial score (nSPS) is 24.2. The highest BCUT2D eigenvalue weighted by molar-refractivity contribution is 5.92. The molecule has 3 heterocycles. The van der Waals surface area contributed by atoms with Gasteiger partial charge in [-0.15, -0.1) is 0 Å². The van der Waals surface area contributed by atoms with Gasteiger partial charge in [-0.2, -0.15) is 5.10 Å². The summed E-state index contributed by atoms with van der Waals surface area (Å²) in [5.74, 6) is 0.0316. The molecule has 1 aliphatic carbocycles. The first kappa shape index (κ1) is 19.2. The number of hydrogen-bond donors (Lipinski definition) is 1. The number of rotatable bonds is 4. The van der Waals surface area contributed by atoms with E-state index in [1.807, 2.05) is 11.8 Å². The van der Waals surface area contributed by atoms with Crippen molar-refractivity contribution in [3.63, 3.8) is 0 Å². The third kappa shape index (κ3) is 3.74. The molecule has 2 saturated heterocycles. The molecule has 3 amide bonds. The fourth-order valence-corrected chi connectivity index (χ4v) is 4.68. The Morgan fingerprint density at radius 3 is 2.64 bits per heavy atom. The van der Waals surface area contributed by atoms with Gasteiger partial charge in [-0.05, 0) is 51.5 Å². The second kappa shape index (κ2) is 7.73. The number of ether oxygens (including phenoxy) is 1. The largest absolute Gasteiger partial charge is 0.375 e. The van der Waals surface area contributed by atoms with Gasteiger partial charge in [0.1, 0.15) is 5.69 Å². The van der Waals surface area contributed by atoms with Crippen LogP contribution < -0.4 is 5.32 Å². The predicted molar refractivity (Wildman–Crippen MR) is 104 cm³/mol. The number of aromatic nitrogens is 2. The van der Waals surface area contributed by atoms with Crippen LogP contribution in [0.4, 0.5) is 4.79 Å². The molecule has 4 rings (SSSR count). The van der Waals surface area contributed by atoms with Crippen molar-refractivity contribution in [3.8, 4) is 0 Å². The molecule has 8 heteroatoms. The zero-order chi connectivity index (χ0) is 19.7. The van der Waals surface area contributed by atoms with Crippen LogP contribution in [-0.4, -0.2) is 75.4 Å². The van der Waals surface area contributed by atoms with Gasteiger partial charge >= 0.3 is 6.03 Å². The summed E-state index contributed by atoms with van der Waals surface area (Å²) in [5.41, 5.74) is 0.403. The Kier molecular flexibility index (Phi) is 5.31. The number of urea groups is 1. The van der Waals surface area contributed by atoms with Crippen LogP contribution in [0, 0.1) is 0 Å². The maximum Gasteiger partial charge on any atom is 0.317 e. The van der Waals surface area contributed by atoms with Crippen LogP contribution in [-0.2, 0) is 11.8 Å². The van der Waals surface area contributed by atoms with Crippen molar-refractivity contribution in [1.82, 2.24) is 24.9 Å². The molecule has 3 fully saturated rings. The lowest BCUT2D eigenvalue weighted by Crippen LogP contribution is -2.57. The molecule has 0 radical (unpaired) electrons. The number of carbonyl (C=O) groups is 2. The van der Waals surface area contributed by atoms with Gasteiger partial charge in [0, 0.05) is 51.6 Å². The van der Waals surface area contributed by atoms with Gasteiger partial charge in [-0.3, -0.25) is 9.48 Å². The Morgan fingerprint density at radius 2 is 2.04 bits per heavy atom. The zero-order valence-corrected chi connectivity index (χ0v) is 16.9. The highest BCUT2D eigenvalue weighted by atomic mass is 16.5. The number of piperidine rings is 1. The van der Waals surface area contributed by atoms with Gasteiger partial charge in [0.25, 0.3) is 5.91 Å². The third-order valence-corrected chi connectivity index (χ3v) is 6.37. The molecule has 0 aromatic carbocycles. The molecule has 3 aliphatic rings. The maximum atomic E-state index is 12.7. The predicted octanol–water partition coefficient (Wildman–Crippen LogP) is 1.77. The van der Waals surface area contributed by atoms with Crippen LogP contribution in [0.25, 0.3) is 0 Å². The summed E-state index contributed by atoms with van der Waals surface area (Å²) in [6.07, 6.45) is 7.27. The van der Waals surface area contributed by atoms with E-state index in [1.165, 1.54) is 0 Å². The van der Waals surface area contributed by atoms with E-state index in [0.29, 0.717) is 38.0 Å². The van der Waals surface area contributed by atoms with E-state index < -0.39 is 0 Å². The second-order valence-corrected chi connectivity index (χ2v) is 8.28. The fraction of sp³-hybridized carbons (Fsp3) is 0.750. The van der Waals surface area contributed by atoms with Gasteiger partial charge in [-0.1, -0.05) is 0 Å². The molecular formula is C20H31N5O3. The van der Waals surface area contributed by atoms with Gasteiger partial charge < -0.3 is 19.9 Å². The summed E-state index contributed by atoms with van der Waals surface area (Å²) >= 11 is 0. The average Bonchev–Trinajstić information content (AvgIpc) is 3.42. The number of nitrogens with one attached hydrogen (secondary N) is 1. The number of aryl methyl sites for hydroxylation is 1. The molecule has 0 unspecified atom stereocenters. The Hall–Kier alpha value is -2.09. The molecular weight excluding hydrogens is 358 g/mol. The average molecular weight is 390 g/mol. The Bertz CT molecular complexity index is 721. The summed E-state index contributed by atoms with van der Waals surface area (Å²) in [7, 11) is 1.79. The topological polar surface area (TPSA) is 79.7 Å². The second-order valence-electron chi connectivity index (χ2n) is 8.28. The summed E-state index contributed by atoms with van der Waals surface area (Å²) in [6.45, 7) is 4.66. The fourth-order valence-electron chi connectivity index (χ4n) is 4.68. The van der Waals surface area contributed by atoms with Crippen LogP contribution in [0.3, 0.4) is 0 Å². The van der Waals surface area contributed by atoms with Crippen LogP contribution in [0.15, 0.2) is 12.3 Å². The van der Waals surface area contributed by atoms with Crippen molar-refractivity contribution in [2.24, 2.45) is 7.05 Å². The first-order valence-corrected chi connectivity index (χ1v) is 10.5. The van der Waals surface area contributed by atoms with Crippen molar-refractivity contribution >= 4 is 11.9 Å². The monoisotopic (exact) mass is 389 g/mol. The van der Waals surface area contributed by atoms with E-state index in [4.69, 9.17) is 4.74 Å². The summed E-state index contributed by atoms with van der Waals surface area (Å²) < 4.78 is 7.88. The Balaban J connectivity index is 1.40. The van der Waals surface area contributed by atoms with E-state index in [1.54, 1.807) is 24.0 Å². The first-order valence-electron chi connectivity index (χ1n) is 10.5. The summed E-state index contributed by atoms with van der Waals surface area (Å²) in [6, 6.07) is 2.45. The third-order valence-electron chi connectivity index (χ3n) is 6.37. The van der Waals surface area contributed by atoms with E-state index in [0.717, 1.165) is 38.5 Å². The molecule has 1 spiro atoms. The number of nitrogens with zero attached hydrogens (tertiary/aromatic N) is 4. The van der Waals surface area contributed by atoms with Crippen molar-refractivity contribution in [2.45, 2.75) is 63.1 Å². The lowest BCUT2D eigenvalue weighted by molar-refractivity contribution is -0.126. The number of likely N-dealkylation sites (tertiary alicyclic amines) is 1. The summed E-state index contributed by atoms with van der Waals surface area (Å²) in [5, 5.41) is 7.08. The number of amides is 3. The quantitative estimate of drug-likeness (QED) is 0.851. The SMILES string of the molecule is CCNC(=O)N(C1CC1)[C@H]1CCOC2(CCN(C(=O)c3ccnn3C)CC2)C1. The van der Waals surface area contributed by atoms with E-state index in [-0.39, 0.29) is 23.6 Å². The smallest absolute Gasteiger partial charge is 0.317 e. The molecule has 1 atom stereocenters. The molecule has 2 aliphatic heterocycles. The minimum absolute atomic E-state index is 0.0316. The molecule has 1 saturated carbocycles. The molecule has 0 bridgehead atoms. The molecule has 1 aromatic heterocycles. The highest BCUT2D eigenvalue weighted by Crippen LogP contribution is 2.40. The first-order chi connectivity index (χ1) is 13.5. The molecule has 1 aromatic rings. The highest BCUT2D eigenvalue weighted by Gasteiger charge is 2.46. The van der Waals surface area contributed by atoms with Crippen molar-refractivity contribution in [3.05, 3.63) is 18.0 Å². The molecule has 28 heavy (non-hydrogen) atoms. The van der Waals surface area contributed by atoms with Crippen LogP contribution in [0.5, 0.6) is 0 Å². The Morgan fingerprint density at radius 1 is 1.29 bits per heavy atom. The molecule has 8 nitrogen and oxygen atoms in total. The lowest BCUT2D eigenvalue weighted by atomic mass is 9.81. The van der Waals surface area contributed by atoms with E-state index in [2.05, 4.69) is 15.3 Å². The Labute approximate surface area is 166 Å². The standard InChI is InChI=1S/C20H31N5O3/c1-3-21-19(27)25(15-4-5-15)16-7-13-28-20(14-16)8-11-24(12-9-20)18(26)17-6-10-22-23(17)2/h6,10,15-16H,3-5,7-9,11-14H2,1-2H3,(H,21,27)/t16-/m0/s1. The summed E-state index contributed by atoms with van der Waals surface area (Å²) in [4.78, 5) is 29.3. The van der Waals surface area contributed by atoms with Crippen LogP contribution in [0.2, 0.25) is 0 Å². The van der Waals surface area contributed by atoms with Gasteiger partial charge in [0.05, 0.1) is 5.60 Å². The van der Waals surface area contributed by atoms with Gasteiger partial charge in [0.15, 0.2) is 0 Å². The number of carbonyl (C=O) groups excluding carboxylic acids is 2. The zero-order valence-electron chi connectivity index (χ0n) is 16.9. The van der Waals surface area contributed by atoms with Crippen LogP contribution in [0.1, 0.15) is 55.9 Å². The lowest BCUT2D eigenvalue weighted by Gasteiger charge is -2.48. The molecule has 154 valence electrons. The van der Waals surface area contributed by atoms with E-state index in [9.17, 15) is 9.59 Å². The number of hydrogen-bond acceptors (Lipinski definition) is 4. The minimum atomic E-state index is -0.216. The molecule has 1 N–H and O–H groups in total. The van der Waals surface area contributed by atoms with E-state index >= 15 is 0 Å². The maximum absolute atomic E-state index is 12.7. The van der Waals surface area contributed by atoms with Crippen molar-refractivity contribution in [2.75, 3.05) is 26.2 Å². The van der Waals surface area contributed by atoms with Gasteiger partial charge in [0.2, 0.25) is 0 Å². The minimum Gasteiger partial charge on any atom is -0.375 e.